The summed E-state index contributed by atoms with van der Waals surface area (Å²) in [6, 6.07) is 1.60. The van der Waals surface area contributed by atoms with Gasteiger partial charge in [0.1, 0.15) is 5.82 Å². The van der Waals surface area contributed by atoms with Crippen LogP contribution in [0.15, 0.2) is 12.3 Å². The molecule has 0 aliphatic rings. The topological polar surface area (TPSA) is 63.2 Å². The number of aromatic nitrogens is 1. The van der Waals surface area contributed by atoms with Crippen molar-refractivity contribution in [1.82, 2.24) is 10.3 Å². The first-order chi connectivity index (χ1) is 9.19. The van der Waals surface area contributed by atoms with Crippen LogP contribution in [-0.4, -0.2) is 37.7 Å². The van der Waals surface area contributed by atoms with E-state index in [2.05, 4.69) is 22.5 Å². The van der Waals surface area contributed by atoms with Gasteiger partial charge in [-0.25, -0.2) is 4.98 Å². The standard InChI is InChI=1S/C13H20ClN3O2/c1-3-6-19-7-4-5-16-13(18)10-8-11(14)12(15-2)17-9-10/h8-9H,3-7H2,1-2H3,(H,15,17)(H,16,18). The van der Waals surface area contributed by atoms with Crippen molar-refractivity contribution >= 4 is 23.3 Å². The fourth-order valence-corrected chi connectivity index (χ4v) is 1.73. The van der Waals surface area contributed by atoms with Gasteiger partial charge in [-0.05, 0) is 18.9 Å². The molecule has 1 heterocycles. The predicted molar refractivity (Wildman–Crippen MR) is 76.9 cm³/mol. The smallest absolute Gasteiger partial charge is 0.252 e. The monoisotopic (exact) mass is 285 g/mol. The minimum Gasteiger partial charge on any atom is -0.381 e. The minimum absolute atomic E-state index is 0.174. The van der Waals surface area contributed by atoms with Gasteiger partial charge in [-0.2, -0.15) is 0 Å². The summed E-state index contributed by atoms with van der Waals surface area (Å²) in [6.45, 7) is 4.06. The molecule has 0 saturated heterocycles. The molecule has 0 fully saturated rings. The molecule has 0 bridgehead atoms. The van der Waals surface area contributed by atoms with Crippen molar-refractivity contribution in [2.75, 3.05) is 32.1 Å². The molecule has 0 aliphatic heterocycles. The second-order valence-electron chi connectivity index (χ2n) is 4.03. The van der Waals surface area contributed by atoms with E-state index in [1.807, 2.05) is 0 Å². The average molecular weight is 286 g/mol. The Morgan fingerprint density at radius 1 is 1.47 bits per heavy atom. The number of hydrogen-bond donors (Lipinski definition) is 2. The zero-order chi connectivity index (χ0) is 14.1. The molecule has 1 rings (SSSR count). The highest BCUT2D eigenvalue weighted by molar-refractivity contribution is 6.33. The summed E-state index contributed by atoms with van der Waals surface area (Å²) in [4.78, 5) is 15.9. The van der Waals surface area contributed by atoms with E-state index in [1.54, 1.807) is 13.1 Å². The molecule has 106 valence electrons. The molecule has 1 aromatic heterocycles. The van der Waals surface area contributed by atoms with E-state index >= 15 is 0 Å². The maximum absolute atomic E-state index is 11.8. The number of halogens is 1. The number of anilines is 1. The van der Waals surface area contributed by atoms with Gasteiger partial charge in [0.2, 0.25) is 0 Å². The Morgan fingerprint density at radius 3 is 2.89 bits per heavy atom. The van der Waals surface area contributed by atoms with E-state index in [4.69, 9.17) is 16.3 Å². The number of carbonyl (C=O) groups excluding carboxylic acids is 1. The van der Waals surface area contributed by atoms with Crippen LogP contribution in [0.1, 0.15) is 30.1 Å². The number of pyridine rings is 1. The molecule has 0 saturated carbocycles. The van der Waals surface area contributed by atoms with E-state index in [1.165, 1.54) is 6.20 Å². The summed E-state index contributed by atoms with van der Waals surface area (Å²) in [5.74, 6) is 0.388. The Bertz CT molecular complexity index is 413. The number of rotatable bonds is 8. The van der Waals surface area contributed by atoms with Crippen LogP contribution in [0.3, 0.4) is 0 Å². The first kappa shape index (κ1) is 15.7. The quantitative estimate of drug-likeness (QED) is 0.720. The molecule has 0 unspecified atom stereocenters. The zero-order valence-electron chi connectivity index (χ0n) is 11.3. The van der Waals surface area contributed by atoms with Crippen LogP contribution in [0.4, 0.5) is 5.82 Å². The van der Waals surface area contributed by atoms with Crippen LogP contribution in [0.25, 0.3) is 0 Å². The number of nitrogens with zero attached hydrogens (tertiary/aromatic N) is 1. The molecule has 0 atom stereocenters. The van der Waals surface area contributed by atoms with Crippen LogP contribution in [-0.2, 0) is 4.74 Å². The van der Waals surface area contributed by atoms with E-state index < -0.39 is 0 Å². The van der Waals surface area contributed by atoms with Gasteiger partial charge in [0.15, 0.2) is 0 Å². The predicted octanol–water partition coefficient (Wildman–Crippen LogP) is 2.32. The molecule has 0 aliphatic carbocycles. The molecule has 0 spiro atoms. The Labute approximate surface area is 118 Å². The van der Waals surface area contributed by atoms with Crippen molar-refractivity contribution < 1.29 is 9.53 Å². The fourth-order valence-electron chi connectivity index (χ4n) is 1.47. The Hall–Kier alpha value is -1.33. The molecule has 19 heavy (non-hydrogen) atoms. The summed E-state index contributed by atoms with van der Waals surface area (Å²) < 4.78 is 5.33. The molecule has 0 aromatic carbocycles. The van der Waals surface area contributed by atoms with Crippen LogP contribution in [0.5, 0.6) is 0 Å². The van der Waals surface area contributed by atoms with E-state index in [9.17, 15) is 4.79 Å². The lowest BCUT2D eigenvalue weighted by atomic mass is 10.2. The number of amides is 1. The summed E-state index contributed by atoms with van der Waals surface area (Å²) in [5, 5.41) is 6.08. The summed E-state index contributed by atoms with van der Waals surface area (Å²) >= 11 is 5.97. The van der Waals surface area contributed by atoms with Gasteiger partial charge in [-0.1, -0.05) is 18.5 Å². The third kappa shape index (κ3) is 5.44. The van der Waals surface area contributed by atoms with Gasteiger partial charge >= 0.3 is 0 Å². The molecule has 1 amide bonds. The molecule has 6 heteroatoms. The minimum atomic E-state index is -0.174. The van der Waals surface area contributed by atoms with Crippen LogP contribution < -0.4 is 10.6 Å². The average Bonchev–Trinajstić information content (AvgIpc) is 2.42. The number of ether oxygens (including phenoxy) is 1. The molecule has 5 nitrogen and oxygen atoms in total. The fraction of sp³-hybridized carbons (Fsp3) is 0.538. The SMILES string of the molecule is CCCOCCCNC(=O)c1cnc(NC)c(Cl)c1. The highest BCUT2D eigenvalue weighted by atomic mass is 35.5. The van der Waals surface area contributed by atoms with E-state index in [0.717, 1.165) is 19.4 Å². The van der Waals surface area contributed by atoms with Crippen LogP contribution in [0.2, 0.25) is 5.02 Å². The maximum atomic E-state index is 11.8. The van der Waals surface area contributed by atoms with Gasteiger partial charge in [0, 0.05) is 33.0 Å². The Kier molecular flexibility index (Phi) is 7.22. The van der Waals surface area contributed by atoms with E-state index in [-0.39, 0.29) is 5.91 Å². The van der Waals surface area contributed by atoms with E-state index in [0.29, 0.717) is 29.6 Å². The first-order valence-corrected chi connectivity index (χ1v) is 6.76. The molecular weight excluding hydrogens is 266 g/mol. The summed E-state index contributed by atoms with van der Waals surface area (Å²) in [6.07, 6.45) is 3.30. The highest BCUT2D eigenvalue weighted by Gasteiger charge is 2.08. The highest BCUT2D eigenvalue weighted by Crippen LogP contribution is 2.19. The second-order valence-corrected chi connectivity index (χ2v) is 4.43. The van der Waals surface area contributed by atoms with Crippen LogP contribution >= 0.6 is 11.6 Å². The zero-order valence-corrected chi connectivity index (χ0v) is 12.1. The van der Waals surface area contributed by atoms with Gasteiger partial charge in [0.05, 0.1) is 10.6 Å². The maximum Gasteiger partial charge on any atom is 0.252 e. The molecular formula is C13H20ClN3O2. The van der Waals surface area contributed by atoms with Crippen molar-refractivity contribution in [3.05, 3.63) is 22.8 Å². The number of nitrogens with one attached hydrogen (secondary N) is 2. The lowest BCUT2D eigenvalue weighted by molar-refractivity contribution is 0.0941. The van der Waals surface area contributed by atoms with Crippen LogP contribution in [0, 0.1) is 0 Å². The van der Waals surface area contributed by atoms with Gasteiger partial charge in [-0.15, -0.1) is 0 Å². The summed E-state index contributed by atoms with van der Waals surface area (Å²) in [7, 11) is 1.73. The summed E-state index contributed by atoms with van der Waals surface area (Å²) in [5.41, 5.74) is 0.457. The van der Waals surface area contributed by atoms with Crippen molar-refractivity contribution in [1.29, 1.82) is 0 Å². The van der Waals surface area contributed by atoms with Gasteiger partial charge < -0.3 is 15.4 Å². The number of hydrogen-bond acceptors (Lipinski definition) is 4. The van der Waals surface area contributed by atoms with Gasteiger partial charge in [0.25, 0.3) is 5.91 Å². The first-order valence-electron chi connectivity index (χ1n) is 6.38. The third-order valence-electron chi connectivity index (χ3n) is 2.44. The van der Waals surface area contributed by atoms with Crippen molar-refractivity contribution in [3.63, 3.8) is 0 Å². The van der Waals surface area contributed by atoms with Gasteiger partial charge in [-0.3, -0.25) is 4.79 Å². The largest absolute Gasteiger partial charge is 0.381 e. The second kappa shape index (κ2) is 8.72. The number of carbonyl (C=O) groups is 1. The van der Waals surface area contributed by atoms with Crippen molar-refractivity contribution in [3.8, 4) is 0 Å². The Morgan fingerprint density at radius 2 is 2.26 bits per heavy atom. The lowest BCUT2D eigenvalue weighted by Gasteiger charge is -2.07. The normalized spacial score (nSPS) is 10.3. The molecule has 2 N–H and O–H groups in total. The molecule has 0 radical (unpaired) electrons. The third-order valence-corrected chi connectivity index (χ3v) is 2.73. The van der Waals surface area contributed by atoms with Crippen molar-refractivity contribution in [2.45, 2.75) is 19.8 Å². The van der Waals surface area contributed by atoms with Crippen molar-refractivity contribution in [2.24, 2.45) is 0 Å². The molecule has 1 aromatic rings. The Balaban J connectivity index is 2.35. The lowest BCUT2D eigenvalue weighted by Crippen LogP contribution is -2.25.